The largest absolute Gasteiger partial charge is 0.334 e. The summed E-state index contributed by atoms with van der Waals surface area (Å²) >= 11 is 3.42. The summed E-state index contributed by atoms with van der Waals surface area (Å²) in [6, 6.07) is 5.59. The number of rotatable bonds is 3. The number of nitrogens with one attached hydrogen (secondary N) is 1. The van der Waals surface area contributed by atoms with E-state index in [-0.39, 0.29) is 5.91 Å². The first kappa shape index (κ1) is 12.8. The van der Waals surface area contributed by atoms with E-state index >= 15 is 0 Å². The van der Waals surface area contributed by atoms with Crippen LogP contribution in [0.3, 0.4) is 0 Å². The molecule has 0 radical (unpaired) electrons. The molecule has 6 heteroatoms. The molecule has 0 bridgehead atoms. The van der Waals surface area contributed by atoms with Crippen LogP contribution in [0.15, 0.2) is 29.0 Å². The van der Waals surface area contributed by atoms with Crippen LogP contribution in [-0.4, -0.2) is 33.0 Å². The number of H-pyrrole nitrogens is 1. The minimum absolute atomic E-state index is 0.0369. The molecule has 1 amide bonds. The maximum atomic E-state index is 12.3. The van der Waals surface area contributed by atoms with Gasteiger partial charge >= 0.3 is 0 Å². The van der Waals surface area contributed by atoms with E-state index < -0.39 is 0 Å². The van der Waals surface area contributed by atoms with Crippen LogP contribution in [-0.2, 0) is 6.54 Å². The fourth-order valence-electron chi connectivity index (χ4n) is 1.65. The minimum atomic E-state index is -0.0369. The third-order valence-corrected chi connectivity index (χ3v) is 3.56. The highest BCUT2D eigenvalue weighted by molar-refractivity contribution is 9.10. The van der Waals surface area contributed by atoms with E-state index in [2.05, 4.69) is 31.1 Å². The van der Waals surface area contributed by atoms with Gasteiger partial charge in [0.1, 0.15) is 12.2 Å². The number of hydrogen-bond acceptors (Lipinski definition) is 3. The van der Waals surface area contributed by atoms with E-state index in [0.717, 1.165) is 10.0 Å². The van der Waals surface area contributed by atoms with Crippen molar-refractivity contribution in [2.24, 2.45) is 0 Å². The summed E-state index contributed by atoms with van der Waals surface area (Å²) in [5.74, 6) is 0.628. The molecule has 18 heavy (non-hydrogen) atoms. The molecule has 0 saturated heterocycles. The van der Waals surface area contributed by atoms with Crippen LogP contribution >= 0.6 is 15.9 Å². The summed E-state index contributed by atoms with van der Waals surface area (Å²) in [6.07, 6.45) is 1.43. The standard InChI is InChI=1S/C12H13BrN4O/c1-8-9(4-3-5-10(8)13)12(18)17(2)6-11-14-7-15-16-11/h3-5,7H,6H2,1-2H3,(H,14,15,16). The topological polar surface area (TPSA) is 61.9 Å². The number of hydrogen-bond donors (Lipinski definition) is 1. The van der Waals surface area contributed by atoms with Crippen molar-refractivity contribution in [2.75, 3.05) is 7.05 Å². The molecule has 0 unspecified atom stereocenters. The second-order valence-corrected chi connectivity index (χ2v) is 4.86. The van der Waals surface area contributed by atoms with Gasteiger partial charge in [0.2, 0.25) is 0 Å². The minimum Gasteiger partial charge on any atom is -0.334 e. The molecule has 0 saturated carbocycles. The molecule has 1 heterocycles. The molecule has 1 aromatic carbocycles. The van der Waals surface area contributed by atoms with Gasteiger partial charge in [0.15, 0.2) is 0 Å². The van der Waals surface area contributed by atoms with E-state index in [1.807, 2.05) is 25.1 Å². The van der Waals surface area contributed by atoms with Crippen molar-refractivity contribution in [2.45, 2.75) is 13.5 Å². The maximum absolute atomic E-state index is 12.3. The summed E-state index contributed by atoms with van der Waals surface area (Å²) in [5, 5.41) is 6.49. The Labute approximate surface area is 113 Å². The van der Waals surface area contributed by atoms with Crippen molar-refractivity contribution < 1.29 is 4.79 Å². The van der Waals surface area contributed by atoms with Crippen LogP contribution in [0.25, 0.3) is 0 Å². The van der Waals surface area contributed by atoms with Gasteiger partial charge in [-0.05, 0) is 24.6 Å². The average Bonchev–Trinajstić information content (AvgIpc) is 2.84. The normalized spacial score (nSPS) is 10.4. The third-order valence-electron chi connectivity index (χ3n) is 2.70. The molecule has 2 aromatic rings. The Kier molecular flexibility index (Phi) is 3.76. The SMILES string of the molecule is Cc1c(Br)cccc1C(=O)N(C)Cc1ncn[nH]1. The molecule has 1 aromatic heterocycles. The van der Waals surface area contributed by atoms with E-state index in [9.17, 15) is 4.79 Å². The fraction of sp³-hybridized carbons (Fsp3) is 0.250. The third kappa shape index (κ3) is 2.59. The van der Waals surface area contributed by atoms with Gasteiger partial charge in [-0.2, -0.15) is 5.10 Å². The molecular weight excluding hydrogens is 296 g/mol. The number of carbonyl (C=O) groups is 1. The molecule has 94 valence electrons. The van der Waals surface area contributed by atoms with Crippen molar-refractivity contribution in [3.63, 3.8) is 0 Å². The van der Waals surface area contributed by atoms with Gasteiger partial charge in [-0.15, -0.1) is 0 Å². The zero-order chi connectivity index (χ0) is 13.1. The van der Waals surface area contributed by atoms with Crippen molar-refractivity contribution in [1.82, 2.24) is 20.1 Å². The molecule has 1 N–H and O–H groups in total. The number of halogens is 1. The van der Waals surface area contributed by atoms with E-state index in [0.29, 0.717) is 17.9 Å². The van der Waals surface area contributed by atoms with Gasteiger partial charge < -0.3 is 4.90 Å². The number of carbonyl (C=O) groups excluding carboxylic acids is 1. The molecule has 0 aliphatic carbocycles. The van der Waals surface area contributed by atoms with Crippen LogP contribution in [0, 0.1) is 6.92 Å². The van der Waals surface area contributed by atoms with Crippen LogP contribution in [0.1, 0.15) is 21.7 Å². The fourth-order valence-corrected chi connectivity index (χ4v) is 2.01. The Bertz CT molecular complexity index is 553. The predicted octanol–water partition coefficient (Wildman–Crippen LogP) is 2.15. The van der Waals surface area contributed by atoms with Gasteiger partial charge in [-0.3, -0.25) is 9.89 Å². The Hall–Kier alpha value is -1.69. The van der Waals surface area contributed by atoms with Crippen molar-refractivity contribution in [1.29, 1.82) is 0 Å². The maximum Gasteiger partial charge on any atom is 0.254 e. The first-order valence-corrected chi connectivity index (χ1v) is 6.23. The van der Waals surface area contributed by atoms with Gasteiger partial charge in [-0.25, -0.2) is 4.98 Å². The highest BCUT2D eigenvalue weighted by Gasteiger charge is 2.16. The Morgan fingerprint density at radius 2 is 2.28 bits per heavy atom. The molecular formula is C12H13BrN4O. The Morgan fingerprint density at radius 1 is 1.50 bits per heavy atom. The van der Waals surface area contributed by atoms with Crippen molar-refractivity contribution >= 4 is 21.8 Å². The molecule has 0 atom stereocenters. The first-order chi connectivity index (χ1) is 8.59. The smallest absolute Gasteiger partial charge is 0.254 e. The molecule has 2 rings (SSSR count). The van der Waals surface area contributed by atoms with Crippen molar-refractivity contribution in [3.8, 4) is 0 Å². The summed E-state index contributed by atoms with van der Waals surface area (Å²) in [5.41, 5.74) is 1.62. The number of nitrogens with zero attached hydrogens (tertiary/aromatic N) is 3. The Balaban J connectivity index is 2.18. The summed E-state index contributed by atoms with van der Waals surface area (Å²) in [6.45, 7) is 2.32. The summed E-state index contributed by atoms with van der Waals surface area (Å²) < 4.78 is 0.932. The zero-order valence-corrected chi connectivity index (χ0v) is 11.7. The lowest BCUT2D eigenvalue weighted by atomic mass is 10.1. The van der Waals surface area contributed by atoms with E-state index in [4.69, 9.17) is 0 Å². The molecule has 0 aliphatic heterocycles. The van der Waals surface area contributed by atoms with Gasteiger partial charge in [0, 0.05) is 17.1 Å². The molecule has 0 fully saturated rings. The number of amides is 1. The molecule has 5 nitrogen and oxygen atoms in total. The molecule has 0 spiro atoms. The number of aromatic amines is 1. The lowest BCUT2D eigenvalue weighted by molar-refractivity contribution is 0.0781. The second kappa shape index (κ2) is 5.30. The van der Waals surface area contributed by atoms with Crippen molar-refractivity contribution in [3.05, 3.63) is 46.0 Å². The van der Waals surface area contributed by atoms with Crippen LogP contribution in [0.4, 0.5) is 0 Å². The highest BCUT2D eigenvalue weighted by atomic mass is 79.9. The van der Waals surface area contributed by atoms with Crippen LogP contribution < -0.4 is 0 Å². The van der Waals surface area contributed by atoms with E-state index in [1.165, 1.54) is 6.33 Å². The highest BCUT2D eigenvalue weighted by Crippen LogP contribution is 2.20. The zero-order valence-electron chi connectivity index (χ0n) is 10.1. The van der Waals surface area contributed by atoms with Gasteiger partial charge in [0.25, 0.3) is 5.91 Å². The monoisotopic (exact) mass is 308 g/mol. The second-order valence-electron chi connectivity index (χ2n) is 4.01. The quantitative estimate of drug-likeness (QED) is 0.945. The first-order valence-electron chi connectivity index (χ1n) is 5.44. The van der Waals surface area contributed by atoms with Crippen LogP contribution in [0.5, 0.6) is 0 Å². The lowest BCUT2D eigenvalue weighted by Crippen LogP contribution is -2.27. The van der Waals surface area contributed by atoms with E-state index in [1.54, 1.807) is 11.9 Å². The Morgan fingerprint density at radius 3 is 2.94 bits per heavy atom. The lowest BCUT2D eigenvalue weighted by Gasteiger charge is -2.17. The predicted molar refractivity (Wildman–Crippen MR) is 71.1 cm³/mol. The average molecular weight is 309 g/mol. The van der Waals surface area contributed by atoms with Crippen LogP contribution in [0.2, 0.25) is 0 Å². The summed E-state index contributed by atoms with van der Waals surface area (Å²) in [7, 11) is 1.74. The number of benzene rings is 1. The van der Waals surface area contributed by atoms with Gasteiger partial charge in [0.05, 0.1) is 6.54 Å². The summed E-state index contributed by atoms with van der Waals surface area (Å²) in [4.78, 5) is 17.9. The van der Waals surface area contributed by atoms with Gasteiger partial charge in [-0.1, -0.05) is 22.0 Å². The molecule has 0 aliphatic rings. The number of aromatic nitrogens is 3.